The van der Waals surface area contributed by atoms with Crippen LogP contribution in [0.1, 0.15) is 18.6 Å². The van der Waals surface area contributed by atoms with Gasteiger partial charge in [-0.05, 0) is 66.8 Å². The highest BCUT2D eigenvalue weighted by Gasteiger charge is 2.21. The molecule has 154 valence electrons. The zero-order valence-corrected chi connectivity index (χ0v) is 19.9. The first-order valence-corrected chi connectivity index (χ1v) is 12.3. The van der Waals surface area contributed by atoms with Crippen molar-refractivity contribution < 1.29 is 9.21 Å². The molecule has 2 aromatic heterocycles. The molecular weight excluding hydrogens is 504 g/mol. The third-order valence-electron chi connectivity index (χ3n) is 4.38. The molecule has 0 unspecified atom stereocenters. The van der Waals surface area contributed by atoms with Crippen molar-refractivity contribution in [3.8, 4) is 0 Å². The van der Waals surface area contributed by atoms with E-state index in [1.165, 1.54) is 11.3 Å². The van der Waals surface area contributed by atoms with Gasteiger partial charge in [-0.1, -0.05) is 38.9 Å². The van der Waals surface area contributed by atoms with Crippen molar-refractivity contribution in [1.29, 1.82) is 0 Å². The number of fused-ring (bicyclic) bond motifs is 1. The van der Waals surface area contributed by atoms with Crippen LogP contribution in [0.25, 0.3) is 10.2 Å². The summed E-state index contributed by atoms with van der Waals surface area (Å²) in [6.07, 6.45) is 2.84. The van der Waals surface area contributed by atoms with Crippen LogP contribution in [-0.4, -0.2) is 16.6 Å². The van der Waals surface area contributed by atoms with Crippen LogP contribution in [0.2, 0.25) is 5.02 Å². The summed E-state index contributed by atoms with van der Waals surface area (Å²) in [6.45, 7) is 0.372. The van der Waals surface area contributed by atoms with Crippen LogP contribution >= 0.6 is 50.6 Å². The quantitative estimate of drug-likeness (QED) is 0.179. The third kappa shape index (κ3) is 5.46. The van der Waals surface area contributed by atoms with Gasteiger partial charge in [0.05, 0.1) is 23.0 Å². The summed E-state index contributed by atoms with van der Waals surface area (Å²) in [5, 5.41) is 1.42. The Bertz CT molecular complexity index is 1130. The maximum atomic E-state index is 13.1. The van der Waals surface area contributed by atoms with E-state index in [0.717, 1.165) is 42.5 Å². The lowest BCUT2D eigenvalue weighted by Crippen LogP contribution is -2.30. The first-order chi connectivity index (χ1) is 14.6. The number of aromatic nitrogens is 1. The Balaban J connectivity index is 1.44. The number of hydrogen-bond acceptors (Lipinski definition) is 5. The molecule has 0 aliphatic heterocycles. The van der Waals surface area contributed by atoms with E-state index in [0.29, 0.717) is 18.1 Å². The standard InChI is InChI=1S/C22H18BrClN2O2S2/c23-15-5-10-19-20(13-15)30-22(25-19)26(14-17-3-1-11-28-17)21(27)4-2-12-29-18-8-6-16(24)7-9-18/h1,3,5-11,13H,2,4,12,14H2. The highest BCUT2D eigenvalue weighted by molar-refractivity contribution is 9.10. The van der Waals surface area contributed by atoms with Gasteiger partial charge >= 0.3 is 0 Å². The fourth-order valence-corrected chi connectivity index (χ4v) is 5.41. The molecule has 2 heterocycles. The number of halogens is 2. The number of nitrogens with zero attached hydrogens (tertiary/aromatic N) is 2. The predicted molar refractivity (Wildman–Crippen MR) is 129 cm³/mol. The van der Waals surface area contributed by atoms with Gasteiger partial charge in [-0.3, -0.25) is 9.69 Å². The SMILES string of the molecule is O=C(CCCSc1ccc(Cl)cc1)N(Cc1ccco1)c1nc2ccc(Br)cc2s1. The van der Waals surface area contributed by atoms with Gasteiger partial charge in [-0.25, -0.2) is 4.98 Å². The molecule has 2 aromatic carbocycles. The minimum Gasteiger partial charge on any atom is -0.467 e. The van der Waals surface area contributed by atoms with E-state index in [1.54, 1.807) is 22.9 Å². The average molecular weight is 522 g/mol. The van der Waals surface area contributed by atoms with E-state index in [4.69, 9.17) is 16.0 Å². The smallest absolute Gasteiger partial charge is 0.229 e. The van der Waals surface area contributed by atoms with E-state index >= 15 is 0 Å². The van der Waals surface area contributed by atoms with Gasteiger partial charge in [0.25, 0.3) is 0 Å². The molecule has 4 nitrogen and oxygen atoms in total. The van der Waals surface area contributed by atoms with Crippen molar-refractivity contribution in [2.24, 2.45) is 0 Å². The van der Waals surface area contributed by atoms with Gasteiger partial charge in [0, 0.05) is 20.8 Å². The monoisotopic (exact) mass is 520 g/mol. The second kappa shape index (κ2) is 10.0. The molecular formula is C22H18BrClN2O2S2. The summed E-state index contributed by atoms with van der Waals surface area (Å²) in [5.74, 6) is 1.63. The molecule has 0 saturated heterocycles. The zero-order valence-electron chi connectivity index (χ0n) is 15.9. The highest BCUT2D eigenvalue weighted by Crippen LogP contribution is 2.32. The Hall–Kier alpha value is -1.80. The first-order valence-electron chi connectivity index (χ1n) is 9.36. The second-order valence-electron chi connectivity index (χ2n) is 6.57. The van der Waals surface area contributed by atoms with E-state index in [2.05, 4.69) is 20.9 Å². The summed E-state index contributed by atoms with van der Waals surface area (Å²) in [4.78, 5) is 20.6. The second-order valence-corrected chi connectivity index (χ2v) is 10.1. The van der Waals surface area contributed by atoms with Crippen LogP contribution in [0.4, 0.5) is 5.13 Å². The molecule has 0 radical (unpaired) electrons. The third-order valence-corrected chi connectivity index (χ3v) is 7.27. The number of carbonyl (C=O) groups is 1. The van der Waals surface area contributed by atoms with Crippen molar-refractivity contribution >= 4 is 71.9 Å². The van der Waals surface area contributed by atoms with Gasteiger partial charge in [0.15, 0.2) is 5.13 Å². The molecule has 1 amide bonds. The van der Waals surface area contributed by atoms with Crippen LogP contribution < -0.4 is 4.90 Å². The molecule has 4 rings (SSSR count). The van der Waals surface area contributed by atoms with Gasteiger partial charge in [-0.2, -0.15) is 0 Å². The maximum Gasteiger partial charge on any atom is 0.229 e. The van der Waals surface area contributed by atoms with E-state index in [-0.39, 0.29) is 5.91 Å². The van der Waals surface area contributed by atoms with Crippen LogP contribution in [0.5, 0.6) is 0 Å². The van der Waals surface area contributed by atoms with Gasteiger partial charge in [0.1, 0.15) is 5.76 Å². The van der Waals surface area contributed by atoms with Crippen molar-refractivity contribution in [3.63, 3.8) is 0 Å². The van der Waals surface area contributed by atoms with Crippen LogP contribution in [0.15, 0.2) is 74.6 Å². The highest BCUT2D eigenvalue weighted by atomic mass is 79.9. The molecule has 0 aliphatic rings. The lowest BCUT2D eigenvalue weighted by molar-refractivity contribution is -0.118. The van der Waals surface area contributed by atoms with Gasteiger partial charge in [-0.15, -0.1) is 11.8 Å². The summed E-state index contributed by atoms with van der Waals surface area (Å²) in [7, 11) is 0. The summed E-state index contributed by atoms with van der Waals surface area (Å²) in [6, 6.07) is 17.4. The summed E-state index contributed by atoms with van der Waals surface area (Å²) < 4.78 is 7.51. The molecule has 4 aromatic rings. The molecule has 8 heteroatoms. The summed E-state index contributed by atoms with van der Waals surface area (Å²) in [5.41, 5.74) is 0.883. The van der Waals surface area contributed by atoms with Gasteiger partial charge in [0.2, 0.25) is 5.91 Å². The zero-order chi connectivity index (χ0) is 20.9. The Labute approximate surface area is 196 Å². The largest absolute Gasteiger partial charge is 0.467 e. The Morgan fingerprint density at radius 3 is 2.80 bits per heavy atom. The number of anilines is 1. The minimum atomic E-state index is 0.0428. The molecule has 0 spiro atoms. The topological polar surface area (TPSA) is 46.3 Å². The van der Waals surface area contributed by atoms with E-state index in [9.17, 15) is 4.79 Å². The first kappa shape index (κ1) is 21.4. The number of thioether (sulfide) groups is 1. The maximum absolute atomic E-state index is 13.1. The average Bonchev–Trinajstić information content (AvgIpc) is 3.39. The number of thiazole rings is 1. The van der Waals surface area contributed by atoms with Gasteiger partial charge < -0.3 is 4.42 Å². The lowest BCUT2D eigenvalue weighted by atomic mass is 10.3. The fourth-order valence-electron chi connectivity index (χ4n) is 2.90. The van der Waals surface area contributed by atoms with Crippen molar-refractivity contribution in [2.45, 2.75) is 24.3 Å². The number of furan rings is 1. The van der Waals surface area contributed by atoms with Crippen molar-refractivity contribution in [1.82, 2.24) is 4.98 Å². The van der Waals surface area contributed by atoms with Crippen molar-refractivity contribution in [3.05, 3.63) is 76.1 Å². The predicted octanol–water partition coefficient (Wildman–Crippen LogP) is 7.41. The van der Waals surface area contributed by atoms with Crippen LogP contribution in [-0.2, 0) is 11.3 Å². The lowest BCUT2D eigenvalue weighted by Gasteiger charge is -2.18. The molecule has 30 heavy (non-hydrogen) atoms. The molecule has 0 N–H and O–H groups in total. The van der Waals surface area contributed by atoms with Crippen molar-refractivity contribution in [2.75, 3.05) is 10.7 Å². The molecule has 0 fully saturated rings. The molecule has 0 bridgehead atoms. The number of rotatable bonds is 8. The van der Waals surface area contributed by atoms with E-state index in [1.807, 2.05) is 54.6 Å². The molecule has 0 aliphatic carbocycles. The molecule has 0 saturated carbocycles. The molecule has 0 atom stereocenters. The Kier molecular flexibility index (Phi) is 7.15. The number of hydrogen-bond donors (Lipinski definition) is 0. The summed E-state index contributed by atoms with van der Waals surface area (Å²) >= 11 is 12.7. The Morgan fingerprint density at radius 1 is 1.20 bits per heavy atom. The minimum absolute atomic E-state index is 0.0428. The van der Waals surface area contributed by atoms with Crippen LogP contribution in [0.3, 0.4) is 0 Å². The van der Waals surface area contributed by atoms with E-state index < -0.39 is 0 Å². The fraction of sp³-hybridized carbons (Fsp3) is 0.182. The number of amides is 1. The number of benzene rings is 2. The number of carbonyl (C=O) groups excluding carboxylic acids is 1. The van der Waals surface area contributed by atoms with Crippen LogP contribution in [0, 0.1) is 0 Å². The normalized spacial score (nSPS) is 11.1. The Morgan fingerprint density at radius 2 is 2.03 bits per heavy atom.